The number of rotatable bonds is 11. The molecule has 0 spiro atoms. The fourth-order valence-electron chi connectivity index (χ4n) is 6.28. The Balaban J connectivity index is 0.000000909. The molecule has 0 amide bonds. The highest BCUT2D eigenvalue weighted by atomic mass is 16.5. The van der Waals surface area contributed by atoms with Gasteiger partial charge >= 0.3 is 0 Å². The number of nitrogens with zero attached hydrogens (tertiary/aromatic N) is 3. The van der Waals surface area contributed by atoms with Gasteiger partial charge in [-0.1, -0.05) is 6.92 Å². The number of carbonyl (C=O) groups is 1. The van der Waals surface area contributed by atoms with Gasteiger partial charge in [0, 0.05) is 68.8 Å². The number of hydrogen-bond acceptors (Lipinski definition) is 10. The maximum atomic E-state index is 8.95. The molecule has 0 aliphatic carbocycles. The van der Waals surface area contributed by atoms with Crippen LogP contribution in [0.2, 0.25) is 0 Å². The molecule has 0 saturated carbocycles. The molecule has 2 fully saturated rings. The second-order valence-corrected chi connectivity index (χ2v) is 11.3. The number of benzene rings is 1. The molecule has 3 aliphatic heterocycles. The minimum absolute atomic E-state index is 0.375. The summed E-state index contributed by atoms with van der Waals surface area (Å²) in [5, 5.41) is 6.92. The van der Waals surface area contributed by atoms with Crippen LogP contribution in [0.1, 0.15) is 55.3 Å². The summed E-state index contributed by atoms with van der Waals surface area (Å²) in [7, 11) is 3.09. The number of nitrogens with one attached hydrogen (secondary N) is 3. The molecule has 0 radical (unpaired) electrons. The van der Waals surface area contributed by atoms with Crippen molar-refractivity contribution in [2.24, 2.45) is 11.8 Å². The summed E-state index contributed by atoms with van der Waals surface area (Å²) in [4.78, 5) is 19.0. The highest BCUT2D eigenvalue weighted by molar-refractivity contribution is 5.61. The van der Waals surface area contributed by atoms with Gasteiger partial charge in [0.1, 0.15) is 11.6 Å². The van der Waals surface area contributed by atoms with E-state index in [9.17, 15) is 0 Å². The molecule has 10 nitrogen and oxygen atoms in total. The maximum absolute atomic E-state index is 8.95. The molecule has 1 aromatic carbocycles. The van der Waals surface area contributed by atoms with Crippen LogP contribution in [0.15, 0.2) is 24.3 Å². The first-order valence-corrected chi connectivity index (χ1v) is 15.1. The number of aromatic nitrogens is 1. The largest absolute Gasteiger partial charge is 0.496 e. The van der Waals surface area contributed by atoms with Crippen molar-refractivity contribution in [3.63, 3.8) is 0 Å². The van der Waals surface area contributed by atoms with E-state index in [0.29, 0.717) is 12.4 Å². The lowest BCUT2D eigenvalue weighted by Gasteiger charge is -2.31. The fourth-order valence-corrected chi connectivity index (χ4v) is 6.28. The molecule has 5 N–H and O–H groups in total. The van der Waals surface area contributed by atoms with Crippen molar-refractivity contribution in [2.45, 2.75) is 51.4 Å². The predicted octanol–water partition coefficient (Wildman–Crippen LogP) is 3.38. The minimum atomic E-state index is 0.375. The van der Waals surface area contributed by atoms with Crippen LogP contribution in [0.3, 0.4) is 0 Å². The molecular formula is C31H49N7O3. The quantitative estimate of drug-likeness (QED) is 0.183. The van der Waals surface area contributed by atoms with E-state index in [0.717, 1.165) is 93.8 Å². The number of nitrogens with two attached hydrogens (primary N) is 1. The number of carbonyl (C=O) groups excluding carboxylic acids is 1. The van der Waals surface area contributed by atoms with Crippen LogP contribution in [0, 0.1) is 5.92 Å². The highest BCUT2D eigenvalue weighted by Gasteiger charge is 2.26. The van der Waals surface area contributed by atoms with Crippen LogP contribution in [-0.4, -0.2) is 82.9 Å². The number of aryl methyl sites for hydroxylation is 1. The van der Waals surface area contributed by atoms with Crippen LogP contribution < -0.4 is 31.5 Å². The average Bonchev–Trinajstić information content (AvgIpc) is 3.49. The van der Waals surface area contributed by atoms with Crippen molar-refractivity contribution >= 4 is 23.7 Å². The Hall–Kier alpha value is -3.08. The molecule has 2 saturated heterocycles. The second kappa shape index (κ2) is 15.8. The van der Waals surface area contributed by atoms with E-state index in [1.807, 2.05) is 0 Å². The normalized spacial score (nSPS) is 19.3. The number of hydrazine groups is 1. The van der Waals surface area contributed by atoms with Crippen molar-refractivity contribution in [1.29, 1.82) is 0 Å². The van der Waals surface area contributed by atoms with Gasteiger partial charge < -0.3 is 35.3 Å². The highest BCUT2D eigenvalue weighted by Crippen LogP contribution is 2.33. The van der Waals surface area contributed by atoms with Gasteiger partial charge in [-0.25, -0.2) is 4.98 Å². The zero-order valence-corrected chi connectivity index (χ0v) is 25.1. The maximum Gasteiger partial charge on any atom is 0.292 e. The number of fused-ring (bicyclic) bond motifs is 1. The molecule has 2 atom stereocenters. The Morgan fingerprint density at radius 2 is 1.98 bits per heavy atom. The third-order valence-corrected chi connectivity index (χ3v) is 8.56. The molecular weight excluding hydrogens is 518 g/mol. The van der Waals surface area contributed by atoms with Crippen molar-refractivity contribution < 1.29 is 14.3 Å². The van der Waals surface area contributed by atoms with Crippen LogP contribution in [0.5, 0.6) is 5.75 Å². The van der Waals surface area contributed by atoms with E-state index < -0.39 is 0 Å². The Labute approximate surface area is 245 Å². The molecule has 4 heterocycles. The number of hydrogen-bond donors (Lipinski definition) is 4. The minimum Gasteiger partial charge on any atom is -0.496 e. The first kappa shape index (κ1) is 30.9. The number of nitrogen functional groups attached to an aromatic ring is 1. The van der Waals surface area contributed by atoms with Crippen molar-refractivity contribution in [2.75, 3.05) is 82.2 Å². The Morgan fingerprint density at radius 1 is 1.17 bits per heavy atom. The van der Waals surface area contributed by atoms with Crippen molar-refractivity contribution in [1.82, 2.24) is 15.2 Å². The molecule has 2 aromatic rings. The monoisotopic (exact) mass is 567 g/mol. The van der Waals surface area contributed by atoms with Crippen molar-refractivity contribution in [3.8, 4) is 5.75 Å². The third kappa shape index (κ3) is 8.47. The first-order valence-electron chi connectivity index (χ1n) is 15.1. The third-order valence-electron chi connectivity index (χ3n) is 8.56. The topological polar surface area (TPSA) is 117 Å². The van der Waals surface area contributed by atoms with E-state index in [1.54, 1.807) is 7.11 Å². The smallest absolute Gasteiger partial charge is 0.292 e. The number of piperazine rings is 1. The number of anilines is 3. The zero-order chi connectivity index (χ0) is 29.0. The molecule has 41 heavy (non-hydrogen) atoms. The summed E-state index contributed by atoms with van der Waals surface area (Å²) in [6.07, 6.45) is 6.79. The number of likely N-dealkylation sites (tertiary alicyclic amines) is 1. The molecule has 0 unspecified atom stereocenters. The fraction of sp³-hybridized carbons (Fsp3) is 0.613. The standard InChI is InChI=1S/C29H45N7O.C2H4O2/c1-3-22(23-15-25(34-30)17-26(16-23)36-13-10-31-11-14-36)20-35-12-8-21(19-35)6-7-24-18-28(37-2)27-5-4-9-32-29(27)33-24;1-4-2-3/h15-18,21-22,31,34H,3-14,19-20,30H2,1-2H3,(H,32,33);2H,1H3/t21-,22-;/m1./s1. The average molecular weight is 568 g/mol. The van der Waals surface area contributed by atoms with Crippen molar-refractivity contribution in [3.05, 3.63) is 41.1 Å². The Kier molecular flexibility index (Phi) is 11.9. The Morgan fingerprint density at radius 3 is 2.68 bits per heavy atom. The molecule has 10 heteroatoms. The number of ether oxygens (including phenoxy) is 2. The van der Waals surface area contributed by atoms with Gasteiger partial charge in [0.2, 0.25) is 0 Å². The van der Waals surface area contributed by atoms with E-state index in [1.165, 1.54) is 49.9 Å². The molecule has 0 bridgehead atoms. The van der Waals surface area contributed by atoms with Gasteiger partial charge in [-0.3, -0.25) is 10.6 Å². The molecule has 3 aliphatic rings. The van der Waals surface area contributed by atoms with Gasteiger partial charge in [-0.2, -0.15) is 0 Å². The summed E-state index contributed by atoms with van der Waals surface area (Å²) in [5.74, 6) is 9.14. The van der Waals surface area contributed by atoms with Gasteiger partial charge in [0.15, 0.2) is 0 Å². The second-order valence-electron chi connectivity index (χ2n) is 11.3. The summed E-state index contributed by atoms with van der Waals surface area (Å²) in [6.45, 7) is 11.3. The summed E-state index contributed by atoms with van der Waals surface area (Å²) < 4.78 is 9.56. The number of pyridine rings is 1. The zero-order valence-electron chi connectivity index (χ0n) is 25.1. The van der Waals surface area contributed by atoms with Crippen LogP contribution in [0.4, 0.5) is 17.2 Å². The summed E-state index contributed by atoms with van der Waals surface area (Å²) in [6, 6.07) is 9.00. The SMILES string of the molecule is CC[C@H](CN1CC[C@@H](CCc2cc(OC)c3c(n2)NCCC3)C1)c1cc(NN)cc(N2CCNCC2)c1.COC=O. The lowest BCUT2D eigenvalue weighted by molar-refractivity contribution is -0.126. The van der Waals surface area contributed by atoms with E-state index >= 15 is 0 Å². The molecule has 226 valence electrons. The molecule has 1 aromatic heterocycles. The van der Waals surface area contributed by atoms with Gasteiger partial charge in [0.25, 0.3) is 6.47 Å². The van der Waals surface area contributed by atoms with Crippen LogP contribution in [0.25, 0.3) is 0 Å². The van der Waals surface area contributed by atoms with E-state index in [4.69, 9.17) is 20.4 Å². The van der Waals surface area contributed by atoms with E-state index in [-0.39, 0.29) is 0 Å². The first-order chi connectivity index (χ1) is 20.1. The summed E-state index contributed by atoms with van der Waals surface area (Å²) >= 11 is 0. The van der Waals surface area contributed by atoms with Crippen LogP contribution >= 0.6 is 0 Å². The predicted molar refractivity (Wildman–Crippen MR) is 166 cm³/mol. The summed E-state index contributed by atoms with van der Waals surface area (Å²) in [5.41, 5.74) is 8.99. The van der Waals surface area contributed by atoms with Gasteiger partial charge in [0.05, 0.1) is 19.9 Å². The Bertz CT molecular complexity index is 1090. The van der Waals surface area contributed by atoms with Gasteiger partial charge in [-0.05, 0) is 80.7 Å². The lowest BCUT2D eigenvalue weighted by Crippen LogP contribution is -2.43. The van der Waals surface area contributed by atoms with E-state index in [2.05, 4.69) is 61.8 Å². The lowest BCUT2D eigenvalue weighted by atomic mass is 9.94. The van der Waals surface area contributed by atoms with Gasteiger partial charge in [-0.15, -0.1) is 0 Å². The molecule has 5 rings (SSSR count). The number of methoxy groups -OCH3 is 2. The van der Waals surface area contributed by atoms with Crippen LogP contribution in [-0.2, 0) is 22.4 Å².